The summed E-state index contributed by atoms with van der Waals surface area (Å²) in [5, 5.41) is 5.38. The number of halogens is 2. The minimum Gasteiger partial charge on any atom is -0.397 e. The molecule has 1 heterocycles. The molecule has 4 rings (SSSR count). The molecule has 0 spiro atoms. The predicted octanol–water partition coefficient (Wildman–Crippen LogP) is 5.26. The number of rotatable bonds is 7. The van der Waals surface area contributed by atoms with Crippen molar-refractivity contribution in [3.63, 3.8) is 0 Å². The molecule has 3 aromatic rings. The summed E-state index contributed by atoms with van der Waals surface area (Å²) in [6.07, 6.45) is 3.14. The Morgan fingerprint density at radius 3 is 2.38 bits per heavy atom. The fourth-order valence-corrected chi connectivity index (χ4v) is 4.49. The fraction of sp³-hybridized carbons (Fsp3) is 0.241. The zero-order valence-corrected chi connectivity index (χ0v) is 20.7. The van der Waals surface area contributed by atoms with Gasteiger partial charge in [0.2, 0.25) is 11.8 Å². The van der Waals surface area contributed by atoms with Crippen molar-refractivity contribution in [2.45, 2.75) is 25.8 Å². The highest BCUT2D eigenvalue weighted by Crippen LogP contribution is 2.35. The van der Waals surface area contributed by atoms with Gasteiger partial charge in [-0.25, -0.2) is 8.78 Å². The van der Waals surface area contributed by atoms with Crippen molar-refractivity contribution in [1.82, 2.24) is 4.90 Å². The van der Waals surface area contributed by atoms with Crippen LogP contribution in [0.25, 0.3) is 6.08 Å². The Hall–Kier alpha value is -4.04. The molecular formula is C29H30F2N4O2. The summed E-state index contributed by atoms with van der Waals surface area (Å²) in [4.78, 5) is 27.6. The average molecular weight is 505 g/mol. The number of carbonyl (C=O) groups excluding carboxylic acids is 2. The van der Waals surface area contributed by atoms with Gasteiger partial charge >= 0.3 is 0 Å². The SMILES string of the molecule is CC(C)N1CC(C(=O)Nc2ccc(F)cc2F)C(c2ccc(/C=C/C(=O)Nc3ccccc3N)cc2)C1. The number of nitrogens with one attached hydrogen (secondary N) is 2. The van der Waals surface area contributed by atoms with E-state index >= 15 is 0 Å². The van der Waals surface area contributed by atoms with E-state index < -0.39 is 17.6 Å². The fourth-order valence-electron chi connectivity index (χ4n) is 4.49. The Kier molecular flexibility index (Phi) is 7.98. The second-order valence-electron chi connectivity index (χ2n) is 9.45. The Balaban J connectivity index is 1.46. The lowest BCUT2D eigenvalue weighted by molar-refractivity contribution is -0.120. The summed E-state index contributed by atoms with van der Waals surface area (Å²) in [5.74, 6) is -2.62. The van der Waals surface area contributed by atoms with Crippen LogP contribution < -0.4 is 16.4 Å². The number of para-hydroxylation sites is 2. The molecule has 1 fully saturated rings. The molecule has 4 N–H and O–H groups in total. The first-order valence-electron chi connectivity index (χ1n) is 12.1. The van der Waals surface area contributed by atoms with E-state index in [0.717, 1.165) is 23.3 Å². The average Bonchev–Trinajstić information content (AvgIpc) is 3.32. The first-order chi connectivity index (χ1) is 17.7. The molecule has 3 aromatic carbocycles. The van der Waals surface area contributed by atoms with Crippen LogP contribution in [0.4, 0.5) is 25.8 Å². The largest absolute Gasteiger partial charge is 0.397 e. The van der Waals surface area contributed by atoms with Crippen LogP contribution in [0.5, 0.6) is 0 Å². The van der Waals surface area contributed by atoms with E-state index in [1.54, 1.807) is 30.3 Å². The van der Waals surface area contributed by atoms with Crippen molar-refractivity contribution in [2.75, 3.05) is 29.5 Å². The second kappa shape index (κ2) is 11.3. The van der Waals surface area contributed by atoms with E-state index in [4.69, 9.17) is 5.73 Å². The number of nitrogens with zero attached hydrogens (tertiary/aromatic N) is 1. The molecule has 6 nitrogen and oxygen atoms in total. The molecule has 37 heavy (non-hydrogen) atoms. The maximum absolute atomic E-state index is 14.1. The van der Waals surface area contributed by atoms with Crippen molar-refractivity contribution in [1.29, 1.82) is 0 Å². The van der Waals surface area contributed by atoms with Crippen molar-refractivity contribution < 1.29 is 18.4 Å². The quantitative estimate of drug-likeness (QED) is 0.303. The molecule has 8 heteroatoms. The van der Waals surface area contributed by atoms with Gasteiger partial charge in [0.05, 0.1) is 23.0 Å². The third-order valence-corrected chi connectivity index (χ3v) is 6.61. The second-order valence-corrected chi connectivity index (χ2v) is 9.45. The van der Waals surface area contributed by atoms with E-state index in [9.17, 15) is 18.4 Å². The summed E-state index contributed by atoms with van der Waals surface area (Å²) in [5.41, 5.74) is 8.66. The molecule has 1 aliphatic heterocycles. The molecule has 192 valence electrons. The molecular weight excluding hydrogens is 474 g/mol. The molecule has 2 amide bonds. The van der Waals surface area contributed by atoms with Gasteiger partial charge < -0.3 is 16.4 Å². The van der Waals surface area contributed by atoms with Crippen LogP contribution in [0.1, 0.15) is 30.9 Å². The number of hydrogen-bond donors (Lipinski definition) is 3. The lowest BCUT2D eigenvalue weighted by atomic mass is 9.88. The van der Waals surface area contributed by atoms with E-state index in [1.165, 1.54) is 12.1 Å². The van der Waals surface area contributed by atoms with E-state index in [1.807, 2.05) is 24.3 Å². The molecule has 0 bridgehead atoms. The minimum atomic E-state index is -0.807. The van der Waals surface area contributed by atoms with Crippen molar-refractivity contribution in [2.24, 2.45) is 5.92 Å². The Bertz CT molecular complexity index is 1310. The van der Waals surface area contributed by atoms with Crippen molar-refractivity contribution in [3.8, 4) is 0 Å². The maximum Gasteiger partial charge on any atom is 0.248 e. The maximum atomic E-state index is 14.1. The first kappa shape index (κ1) is 26.0. The highest BCUT2D eigenvalue weighted by atomic mass is 19.1. The molecule has 1 saturated heterocycles. The Morgan fingerprint density at radius 2 is 1.70 bits per heavy atom. The van der Waals surface area contributed by atoms with Gasteiger partial charge in [-0.1, -0.05) is 36.4 Å². The Labute approximate surface area is 215 Å². The summed E-state index contributed by atoms with van der Waals surface area (Å²) in [6.45, 7) is 5.34. The molecule has 2 unspecified atom stereocenters. The first-order valence-corrected chi connectivity index (χ1v) is 12.1. The lowest BCUT2D eigenvalue weighted by Crippen LogP contribution is -2.31. The molecule has 0 aliphatic carbocycles. The Morgan fingerprint density at radius 1 is 0.973 bits per heavy atom. The molecule has 0 radical (unpaired) electrons. The van der Waals surface area contributed by atoms with Crippen LogP contribution in [-0.2, 0) is 9.59 Å². The molecule has 0 saturated carbocycles. The number of anilines is 3. The summed E-state index contributed by atoms with van der Waals surface area (Å²) in [7, 11) is 0. The van der Waals surface area contributed by atoms with Crippen molar-refractivity contribution >= 4 is 35.0 Å². The van der Waals surface area contributed by atoms with Crippen LogP contribution in [0, 0.1) is 17.6 Å². The van der Waals surface area contributed by atoms with Crippen LogP contribution in [0.2, 0.25) is 0 Å². The van der Waals surface area contributed by atoms with Gasteiger partial charge in [-0.2, -0.15) is 0 Å². The summed E-state index contributed by atoms with van der Waals surface area (Å²) in [6, 6.07) is 18.0. The normalized spacial score (nSPS) is 17.9. The number of benzene rings is 3. The molecule has 1 aliphatic rings. The van der Waals surface area contributed by atoms with Gasteiger partial charge in [-0.3, -0.25) is 14.5 Å². The van der Waals surface area contributed by atoms with Crippen LogP contribution >= 0.6 is 0 Å². The van der Waals surface area contributed by atoms with Crippen molar-refractivity contribution in [3.05, 3.63) is 95.6 Å². The molecule has 0 aromatic heterocycles. The zero-order chi connectivity index (χ0) is 26.5. The van der Waals surface area contributed by atoms with Gasteiger partial charge in [0.25, 0.3) is 0 Å². The minimum absolute atomic E-state index is 0.0378. The number of carbonyl (C=O) groups is 2. The standard InChI is InChI=1S/C29H30F2N4O2/c1-18(2)35-16-22(23(17-35)29(37)34-26-13-12-21(30)15-24(26)31)20-10-7-19(8-11-20)9-14-28(36)33-27-6-4-3-5-25(27)32/h3-15,18,22-23H,16-17,32H2,1-2H3,(H,33,36)(H,34,37)/b14-9+. The third-order valence-electron chi connectivity index (χ3n) is 6.61. The number of hydrogen-bond acceptors (Lipinski definition) is 4. The summed E-state index contributed by atoms with van der Waals surface area (Å²) < 4.78 is 27.4. The van der Waals surface area contributed by atoms with Gasteiger partial charge in [0.1, 0.15) is 11.6 Å². The summed E-state index contributed by atoms with van der Waals surface area (Å²) >= 11 is 0. The van der Waals surface area contributed by atoms with Gasteiger partial charge in [0, 0.05) is 37.2 Å². The van der Waals surface area contributed by atoms with Gasteiger partial charge in [-0.05, 0) is 55.3 Å². The van der Waals surface area contributed by atoms with Crippen LogP contribution in [0.15, 0.2) is 72.8 Å². The number of likely N-dealkylation sites (tertiary alicyclic amines) is 1. The zero-order valence-electron chi connectivity index (χ0n) is 20.7. The third kappa shape index (κ3) is 6.40. The van der Waals surface area contributed by atoms with Gasteiger partial charge in [0.15, 0.2) is 0 Å². The number of amides is 2. The van der Waals surface area contributed by atoms with Gasteiger partial charge in [-0.15, -0.1) is 0 Å². The topological polar surface area (TPSA) is 87.5 Å². The van der Waals surface area contributed by atoms with E-state index in [-0.39, 0.29) is 29.5 Å². The smallest absolute Gasteiger partial charge is 0.248 e. The monoisotopic (exact) mass is 504 g/mol. The lowest BCUT2D eigenvalue weighted by Gasteiger charge is -2.20. The number of nitrogens with two attached hydrogens (primary N) is 1. The number of nitrogen functional groups attached to an aromatic ring is 1. The van der Waals surface area contributed by atoms with Crippen LogP contribution in [0.3, 0.4) is 0 Å². The highest BCUT2D eigenvalue weighted by Gasteiger charge is 2.39. The van der Waals surface area contributed by atoms with Crippen LogP contribution in [-0.4, -0.2) is 35.8 Å². The predicted molar refractivity (Wildman–Crippen MR) is 143 cm³/mol. The molecule has 2 atom stereocenters. The van der Waals surface area contributed by atoms with E-state index in [0.29, 0.717) is 24.5 Å². The van der Waals surface area contributed by atoms with E-state index in [2.05, 4.69) is 29.4 Å². The highest BCUT2D eigenvalue weighted by molar-refractivity contribution is 6.03.